The largest absolute Gasteiger partial charge is 0.288 e. The lowest BCUT2D eigenvalue weighted by Crippen LogP contribution is -2.24. The van der Waals surface area contributed by atoms with Crippen LogP contribution in [0.4, 0.5) is 4.39 Å². The van der Waals surface area contributed by atoms with Crippen LogP contribution in [0.15, 0.2) is 83.0 Å². The lowest BCUT2D eigenvalue weighted by Gasteiger charge is -2.14. The first kappa shape index (κ1) is 20.3. The summed E-state index contributed by atoms with van der Waals surface area (Å²) < 4.78 is 15.5. The minimum absolute atomic E-state index is 0.119. The van der Waals surface area contributed by atoms with E-state index >= 15 is 0 Å². The van der Waals surface area contributed by atoms with Gasteiger partial charge in [-0.2, -0.15) is 0 Å². The smallest absolute Gasteiger partial charge is 0.263 e. The summed E-state index contributed by atoms with van der Waals surface area (Å²) in [5.74, 6) is 0.265. The van der Waals surface area contributed by atoms with Gasteiger partial charge in [-0.3, -0.25) is 9.36 Å². The van der Waals surface area contributed by atoms with Crippen molar-refractivity contribution in [3.05, 3.63) is 111 Å². The molecular weight excluding hydrogens is 419 g/mol. The van der Waals surface area contributed by atoms with Crippen molar-refractivity contribution < 1.29 is 4.39 Å². The SMILES string of the molecule is Cc1ccc(-c2csc3nc(-c4ccc(C)cc4)n(Cc4cccc(F)c4)c(=O)c23)cc1. The summed E-state index contributed by atoms with van der Waals surface area (Å²) in [5.41, 5.74) is 5.62. The molecule has 2 heterocycles. The van der Waals surface area contributed by atoms with Crippen LogP contribution < -0.4 is 5.56 Å². The Morgan fingerprint density at radius 2 is 1.56 bits per heavy atom. The summed E-state index contributed by atoms with van der Waals surface area (Å²) in [6.07, 6.45) is 0. The summed E-state index contributed by atoms with van der Waals surface area (Å²) in [6.45, 7) is 4.30. The van der Waals surface area contributed by atoms with Crippen molar-refractivity contribution in [1.82, 2.24) is 9.55 Å². The van der Waals surface area contributed by atoms with Crippen molar-refractivity contribution in [3.8, 4) is 22.5 Å². The van der Waals surface area contributed by atoms with Crippen molar-refractivity contribution in [3.63, 3.8) is 0 Å². The zero-order valence-electron chi connectivity index (χ0n) is 17.8. The second-order valence-electron chi connectivity index (χ2n) is 8.02. The number of hydrogen-bond acceptors (Lipinski definition) is 3. The normalized spacial score (nSPS) is 11.2. The molecule has 0 aliphatic rings. The van der Waals surface area contributed by atoms with Crippen LogP contribution in [0.25, 0.3) is 32.7 Å². The van der Waals surface area contributed by atoms with Crippen LogP contribution in [0.1, 0.15) is 16.7 Å². The van der Waals surface area contributed by atoms with Crippen molar-refractivity contribution in [2.75, 3.05) is 0 Å². The van der Waals surface area contributed by atoms with E-state index in [1.807, 2.05) is 73.8 Å². The number of thiophene rings is 1. The Balaban J connectivity index is 1.76. The molecule has 0 spiro atoms. The van der Waals surface area contributed by atoms with Crippen LogP contribution in [0.3, 0.4) is 0 Å². The van der Waals surface area contributed by atoms with Gasteiger partial charge >= 0.3 is 0 Å². The Morgan fingerprint density at radius 3 is 2.22 bits per heavy atom. The number of halogens is 1. The van der Waals surface area contributed by atoms with Crippen LogP contribution in [0, 0.1) is 19.7 Å². The van der Waals surface area contributed by atoms with E-state index in [1.165, 1.54) is 23.5 Å². The standard InChI is InChI=1S/C27H21FN2OS/c1-17-6-10-20(11-7-17)23-16-32-26-24(23)27(31)30(15-19-4-3-5-22(28)14-19)25(29-26)21-12-8-18(2)9-13-21/h3-14,16H,15H2,1-2H3. The molecule has 0 atom stereocenters. The van der Waals surface area contributed by atoms with E-state index in [9.17, 15) is 9.18 Å². The number of rotatable bonds is 4. The fraction of sp³-hybridized carbons (Fsp3) is 0.111. The molecule has 0 saturated heterocycles. The van der Waals surface area contributed by atoms with Gasteiger partial charge in [0.15, 0.2) is 0 Å². The Morgan fingerprint density at radius 1 is 0.906 bits per heavy atom. The van der Waals surface area contributed by atoms with Crippen molar-refractivity contribution in [2.45, 2.75) is 20.4 Å². The molecule has 0 aliphatic carbocycles. The average Bonchev–Trinajstić information content (AvgIpc) is 3.21. The van der Waals surface area contributed by atoms with Crippen molar-refractivity contribution in [1.29, 1.82) is 0 Å². The summed E-state index contributed by atoms with van der Waals surface area (Å²) >= 11 is 1.47. The molecule has 0 saturated carbocycles. The van der Waals surface area contributed by atoms with E-state index in [1.54, 1.807) is 10.6 Å². The van der Waals surface area contributed by atoms with Gasteiger partial charge in [0, 0.05) is 16.5 Å². The highest BCUT2D eigenvalue weighted by molar-refractivity contribution is 7.17. The van der Waals surface area contributed by atoms with E-state index in [-0.39, 0.29) is 17.9 Å². The number of fused-ring (bicyclic) bond motifs is 1. The topological polar surface area (TPSA) is 34.9 Å². The zero-order valence-corrected chi connectivity index (χ0v) is 18.6. The first-order valence-electron chi connectivity index (χ1n) is 10.4. The second-order valence-corrected chi connectivity index (χ2v) is 8.88. The quantitative estimate of drug-likeness (QED) is 0.316. The summed E-state index contributed by atoms with van der Waals surface area (Å²) in [6, 6.07) is 22.4. The van der Waals surface area contributed by atoms with Gasteiger partial charge in [0.05, 0.1) is 11.9 Å². The third-order valence-corrected chi connectivity index (χ3v) is 6.47. The number of nitrogens with zero attached hydrogens (tertiary/aromatic N) is 2. The van der Waals surface area contributed by atoms with Gasteiger partial charge in [0.1, 0.15) is 16.5 Å². The second kappa shape index (κ2) is 8.17. The Labute approximate surface area is 189 Å². The zero-order chi connectivity index (χ0) is 22.2. The molecule has 3 nitrogen and oxygen atoms in total. The molecule has 3 aromatic carbocycles. The fourth-order valence-corrected chi connectivity index (χ4v) is 4.80. The minimum atomic E-state index is -0.322. The fourth-order valence-electron chi connectivity index (χ4n) is 3.86. The maximum Gasteiger partial charge on any atom is 0.263 e. The molecule has 5 rings (SSSR count). The predicted octanol–water partition coefficient (Wildman–Crippen LogP) is 6.60. The van der Waals surface area contributed by atoms with Crippen molar-refractivity contribution >= 4 is 21.6 Å². The van der Waals surface area contributed by atoms with E-state index in [4.69, 9.17) is 4.98 Å². The van der Waals surface area contributed by atoms with E-state index in [0.717, 1.165) is 27.8 Å². The van der Waals surface area contributed by atoms with Gasteiger partial charge in [-0.25, -0.2) is 9.37 Å². The van der Waals surface area contributed by atoms with Gasteiger partial charge in [0.25, 0.3) is 5.56 Å². The van der Waals surface area contributed by atoms with Crippen molar-refractivity contribution in [2.24, 2.45) is 0 Å². The highest BCUT2D eigenvalue weighted by Gasteiger charge is 2.18. The average molecular weight is 441 g/mol. The van der Waals surface area contributed by atoms with E-state index in [2.05, 4.69) is 0 Å². The Kier molecular flexibility index (Phi) is 5.19. The monoisotopic (exact) mass is 440 g/mol. The lowest BCUT2D eigenvalue weighted by atomic mass is 10.0. The van der Waals surface area contributed by atoms with Crippen LogP contribution in [0.5, 0.6) is 0 Å². The molecule has 5 aromatic rings. The van der Waals surface area contributed by atoms with E-state index in [0.29, 0.717) is 21.6 Å². The molecule has 32 heavy (non-hydrogen) atoms. The Bertz CT molecular complexity index is 1480. The molecular formula is C27H21FN2OS. The maximum absolute atomic E-state index is 13.9. The number of hydrogen-bond donors (Lipinski definition) is 0. The molecule has 2 aromatic heterocycles. The first-order valence-corrected chi connectivity index (χ1v) is 11.3. The number of benzene rings is 3. The molecule has 158 valence electrons. The molecule has 0 fully saturated rings. The molecule has 0 aliphatic heterocycles. The van der Waals surface area contributed by atoms with Crippen LogP contribution in [0.2, 0.25) is 0 Å². The summed E-state index contributed by atoms with van der Waals surface area (Å²) in [7, 11) is 0. The third kappa shape index (κ3) is 3.76. The maximum atomic E-state index is 13.9. The van der Waals surface area contributed by atoms with Gasteiger partial charge in [-0.15, -0.1) is 11.3 Å². The predicted molar refractivity (Wildman–Crippen MR) is 130 cm³/mol. The first-order chi connectivity index (χ1) is 15.5. The lowest BCUT2D eigenvalue weighted by molar-refractivity contribution is 0.623. The third-order valence-electron chi connectivity index (χ3n) is 5.60. The number of aryl methyl sites for hydroxylation is 2. The summed E-state index contributed by atoms with van der Waals surface area (Å²) in [5, 5.41) is 2.60. The molecule has 0 radical (unpaired) electrons. The van der Waals surface area contributed by atoms with Crippen LogP contribution in [-0.4, -0.2) is 9.55 Å². The van der Waals surface area contributed by atoms with Gasteiger partial charge < -0.3 is 0 Å². The minimum Gasteiger partial charge on any atom is -0.288 e. The van der Waals surface area contributed by atoms with Crippen LogP contribution in [-0.2, 0) is 6.54 Å². The number of aromatic nitrogens is 2. The molecule has 0 unspecified atom stereocenters. The summed E-state index contributed by atoms with van der Waals surface area (Å²) in [4.78, 5) is 19.4. The van der Waals surface area contributed by atoms with Gasteiger partial charge in [0.2, 0.25) is 0 Å². The van der Waals surface area contributed by atoms with Crippen LogP contribution >= 0.6 is 11.3 Å². The molecule has 0 bridgehead atoms. The molecule has 0 N–H and O–H groups in total. The Hall–Kier alpha value is -3.57. The van der Waals surface area contributed by atoms with E-state index < -0.39 is 0 Å². The van der Waals surface area contributed by atoms with Gasteiger partial charge in [-0.05, 0) is 37.1 Å². The molecule has 0 amide bonds. The van der Waals surface area contributed by atoms with Gasteiger partial charge in [-0.1, -0.05) is 71.8 Å². The highest BCUT2D eigenvalue weighted by atomic mass is 32.1. The molecule has 5 heteroatoms. The highest BCUT2D eigenvalue weighted by Crippen LogP contribution is 2.32.